The Morgan fingerprint density at radius 2 is 1.84 bits per heavy atom. The first-order valence-electron chi connectivity index (χ1n) is 6.75. The van der Waals surface area contributed by atoms with Crippen LogP contribution in [0.1, 0.15) is 25.7 Å². The van der Waals surface area contributed by atoms with Crippen molar-refractivity contribution < 1.29 is 8.42 Å². The SMILES string of the molecule is O=S(=O)(c1ccccc1)C12CCCN=C1NCCC2. The summed E-state index contributed by atoms with van der Waals surface area (Å²) in [4.78, 5) is 4.85. The second kappa shape index (κ2) is 4.63. The maximum atomic E-state index is 13.0. The van der Waals surface area contributed by atoms with Gasteiger partial charge in [0.1, 0.15) is 10.6 Å². The van der Waals surface area contributed by atoms with Gasteiger partial charge in [0.15, 0.2) is 9.84 Å². The van der Waals surface area contributed by atoms with Gasteiger partial charge in [-0.1, -0.05) is 18.2 Å². The van der Waals surface area contributed by atoms with Gasteiger partial charge in [-0.15, -0.1) is 0 Å². The number of nitrogens with one attached hydrogen (secondary N) is 1. The number of benzene rings is 1. The summed E-state index contributed by atoms with van der Waals surface area (Å²) in [7, 11) is -3.38. The number of sulfone groups is 1. The number of piperidine rings is 1. The van der Waals surface area contributed by atoms with E-state index < -0.39 is 14.6 Å². The summed E-state index contributed by atoms with van der Waals surface area (Å²) >= 11 is 0. The zero-order valence-electron chi connectivity index (χ0n) is 10.8. The Morgan fingerprint density at radius 3 is 2.63 bits per heavy atom. The molecule has 0 bridgehead atoms. The number of nitrogens with zero attached hydrogens (tertiary/aromatic N) is 1. The van der Waals surface area contributed by atoms with E-state index >= 15 is 0 Å². The fourth-order valence-electron chi connectivity index (χ4n) is 3.08. The molecule has 0 radical (unpaired) electrons. The fraction of sp³-hybridized carbons (Fsp3) is 0.500. The molecule has 2 heterocycles. The van der Waals surface area contributed by atoms with Crippen LogP contribution in [0.3, 0.4) is 0 Å². The van der Waals surface area contributed by atoms with Gasteiger partial charge in [-0.2, -0.15) is 0 Å². The number of hydrogen-bond donors (Lipinski definition) is 1. The van der Waals surface area contributed by atoms with E-state index in [9.17, 15) is 8.42 Å². The zero-order valence-corrected chi connectivity index (χ0v) is 11.6. The van der Waals surface area contributed by atoms with Gasteiger partial charge in [-0.05, 0) is 37.8 Å². The second-order valence-corrected chi connectivity index (χ2v) is 7.43. The topological polar surface area (TPSA) is 58.5 Å². The number of amidine groups is 1. The highest BCUT2D eigenvalue weighted by molar-refractivity contribution is 7.93. The van der Waals surface area contributed by atoms with Crippen LogP contribution in [0.25, 0.3) is 0 Å². The molecule has 1 fully saturated rings. The predicted molar refractivity (Wildman–Crippen MR) is 75.1 cm³/mol. The number of hydrogen-bond acceptors (Lipinski definition) is 4. The zero-order chi connectivity index (χ0) is 13.3. The third-order valence-corrected chi connectivity index (χ3v) is 6.58. The van der Waals surface area contributed by atoms with Gasteiger partial charge in [-0.3, -0.25) is 4.99 Å². The predicted octanol–water partition coefficient (Wildman–Crippen LogP) is 1.77. The van der Waals surface area contributed by atoms with Gasteiger partial charge in [0.2, 0.25) is 0 Å². The standard InChI is InChI=1S/C14H18N2O2S/c17-19(18,12-6-2-1-3-7-12)14-8-4-10-15-13(14)16-11-5-9-14/h1-3,6-7H,4-5,8-11H2,(H,15,16). The summed E-state index contributed by atoms with van der Waals surface area (Å²) in [6.07, 6.45) is 3.08. The lowest BCUT2D eigenvalue weighted by Crippen LogP contribution is -2.57. The van der Waals surface area contributed by atoms with Crippen molar-refractivity contribution >= 4 is 15.7 Å². The monoisotopic (exact) mass is 278 g/mol. The first kappa shape index (κ1) is 12.7. The maximum Gasteiger partial charge on any atom is 0.191 e. The number of fused-ring (bicyclic) bond motifs is 1. The Bertz CT molecular complexity index is 595. The summed E-state index contributed by atoms with van der Waals surface area (Å²) in [5.74, 6) is 0.689. The molecule has 1 aromatic rings. The molecule has 1 unspecified atom stereocenters. The molecule has 1 N–H and O–H groups in total. The van der Waals surface area contributed by atoms with E-state index in [1.807, 2.05) is 6.07 Å². The Morgan fingerprint density at radius 1 is 1.11 bits per heavy atom. The van der Waals surface area contributed by atoms with Crippen LogP contribution >= 0.6 is 0 Å². The lowest BCUT2D eigenvalue weighted by molar-refractivity contribution is 0.460. The second-order valence-electron chi connectivity index (χ2n) is 5.17. The van der Waals surface area contributed by atoms with E-state index in [2.05, 4.69) is 10.3 Å². The third-order valence-electron chi connectivity index (χ3n) is 4.06. The van der Waals surface area contributed by atoms with Crippen molar-refractivity contribution in [2.75, 3.05) is 13.1 Å². The lowest BCUT2D eigenvalue weighted by Gasteiger charge is -2.40. The molecule has 5 heteroatoms. The molecule has 19 heavy (non-hydrogen) atoms. The van der Waals surface area contributed by atoms with Crippen molar-refractivity contribution in [2.24, 2.45) is 4.99 Å². The van der Waals surface area contributed by atoms with Crippen molar-refractivity contribution in [1.82, 2.24) is 5.32 Å². The molecule has 3 rings (SSSR count). The van der Waals surface area contributed by atoms with Crippen LogP contribution in [0.2, 0.25) is 0 Å². The van der Waals surface area contributed by atoms with Gasteiger partial charge in [0.05, 0.1) is 4.90 Å². The molecule has 0 aromatic heterocycles. The minimum absolute atomic E-state index is 0.410. The Labute approximate surface area is 113 Å². The minimum Gasteiger partial charge on any atom is -0.373 e. The largest absolute Gasteiger partial charge is 0.373 e. The van der Waals surface area contributed by atoms with Gasteiger partial charge in [-0.25, -0.2) is 8.42 Å². The van der Waals surface area contributed by atoms with E-state index in [1.165, 1.54) is 0 Å². The first-order chi connectivity index (χ1) is 9.17. The van der Waals surface area contributed by atoms with Gasteiger partial charge < -0.3 is 5.32 Å². The van der Waals surface area contributed by atoms with Gasteiger partial charge in [0, 0.05) is 13.1 Å². The molecule has 0 saturated carbocycles. The molecule has 1 saturated heterocycles. The van der Waals surface area contributed by atoms with E-state index in [0.29, 0.717) is 23.6 Å². The van der Waals surface area contributed by atoms with Crippen LogP contribution in [0.4, 0.5) is 0 Å². The molecular formula is C14H18N2O2S. The average Bonchev–Trinajstić information content (AvgIpc) is 2.48. The van der Waals surface area contributed by atoms with Crippen molar-refractivity contribution in [2.45, 2.75) is 35.3 Å². The lowest BCUT2D eigenvalue weighted by atomic mass is 9.90. The maximum absolute atomic E-state index is 13.0. The van der Waals surface area contributed by atoms with Crippen molar-refractivity contribution in [3.05, 3.63) is 30.3 Å². The summed E-state index contributed by atoms with van der Waals surface area (Å²) in [6.45, 7) is 1.55. The number of rotatable bonds is 2. The van der Waals surface area contributed by atoms with Crippen molar-refractivity contribution in [3.8, 4) is 0 Å². The highest BCUT2D eigenvalue weighted by Gasteiger charge is 2.50. The van der Waals surface area contributed by atoms with Crippen molar-refractivity contribution in [3.63, 3.8) is 0 Å². The molecule has 1 atom stereocenters. The normalized spacial score (nSPS) is 27.1. The molecule has 4 nitrogen and oxygen atoms in total. The van der Waals surface area contributed by atoms with E-state index in [-0.39, 0.29) is 0 Å². The van der Waals surface area contributed by atoms with E-state index in [0.717, 1.165) is 25.9 Å². The Kier molecular flexibility index (Phi) is 3.09. The average molecular weight is 278 g/mol. The van der Waals surface area contributed by atoms with Gasteiger partial charge in [0.25, 0.3) is 0 Å². The molecule has 2 aliphatic heterocycles. The van der Waals surface area contributed by atoms with E-state index in [1.54, 1.807) is 24.3 Å². The molecule has 102 valence electrons. The fourth-order valence-corrected chi connectivity index (χ4v) is 5.26. The summed E-state index contributed by atoms with van der Waals surface area (Å²) in [5.41, 5.74) is 0. The van der Waals surface area contributed by atoms with Crippen LogP contribution in [-0.2, 0) is 9.84 Å². The number of aliphatic imine (C=N–C) groups is 1. The Balaban J connectivity index is 2.13. The first-order valence-corrected chi connectivity index (χ1v) is 8.24. The summed E-state index contributed by atoms with van der Waals surface area (Å²) in [5, 5.41) is 3.21. The third kappa shape index (κ3) is 1.87. The van der Waals surface area contributed by atoms with E-state index in [4.69, 9.17) is 0 Å². The molecule has 0 amide bonds. The highest BCUT2D eigenvalue weighted by Crippen LogP contribution is 2.38. The Hall–Kier alpha value is -1.36. The molecule has 0 aliphatic carbocycles. The molecule has 2 aliphatic rings. The molecular weight excluding hydrogens is 260 g/mol. The molecule has 0 spiro atoms. The highest BCUT2D eigenvalue weighted by atomic mass is 32.2. The van der Waals surface area contributed by atoms with Crippen LogP contribution in [-0.4, -0.2) is 32.1 Å². The van der Waals surface area contributed by atoms with Crippen LogP contribution in [0.15, 0.2) is 40.2 Å². The van der Waals surface area contributed by atoms with Crippen LogP contribution in [0, 0.1) is 0 Å². The smallest absolute Gasteiger partial charge is 0.191 e. The summed E-state index contributed by atoms with van der Waals surface area (Å²) in [6, 6.07) is 8.76. The molecule has 1 aromatic carbocycles. The van der Waals surface area contributed by atoms with Crippen LogP contribution < -0.4 is 5.32 Å². The minimum atomic E-state index is -3.38. The van der Waals surface area contributed by atoms with Crippen molar-refractivity contribution in [1.29, 1.82) is 0 Å². The van der Waals surface area contributed by atoms with Gasteiger partial charge >= 0.3 is 0 Å². The quantitative estimate of drug-likeness (QED) is 0.897. The summed E-state index contributed by atoms with van der Waals surface area (Å²) < 4.78 is 25.2. The van der Waals surface area contributed by atoms with Crippen LogP contribution in [0.5, 0.6) is 0 Å².